The molecule has 0 aliphatic carbocycles. The van der Waals surface area contributed by atoms with Gasteiger partial charge in [0, 0.05) is 13.5 Å². The molecule has 0 saturated carbocycles. The lowest BCUT2D eigenvalue weighted by molar-refractivity contribution is -0.0518. The van der Waals surface area contributed by atoms with E-state index in [4.69, 9.17) is 9.47 Å². The average Bonchev–Trinajstić information content (AvgIpc) is 3.15. The highest BCUT2D eigenvalue weighted by atomic mass is 32.1. The molecule has 0 atom stereocenters. The number of carbonyl (C=O) groups excluding carboxylic acids is 1. The Bertz CT molecular complexity index is 500. The fourth-order valence-corrected chi connectivity index (χ4v) is 2.72. The van der Waals surface area contributed by atoms with Crippen LogP contribution in [0, 0.1) is 0 Å². The third-order valence-electron chi connectivity index (χ3n) is 3.14. The predicted molar refractivity (Wildman–Crippen MR) is 85.0 cm³/mol. The van der Waals surface area contributed by atoms with Crippen molar-refractivity contribution in [3.8, 4) is 0 Å². The van der Waals surface area contributed by atoms with Gasteiger partial charge in [0.15, 0.2) is 6.29 Å². The van der Waals surface area contributed by atoms with E-state index >= 15 is 0 Å². The molecule has 1 saturated heterocycles. The second kappa shape index (κ2) is 8.82. The maximum absolute atomic E-state index is 12.0. The molecule has 2 heterocycles. The van der Waals surface area contributed by atoms with Crippen molar-refractivity contribution >= 4 is 22.5 Å². The van der Waals surface area contributed by atoms with Crippen molar-refractivity contribution in [1.82, 2.24) is 15.1 Å². The first-order valence-electron chi connectivity index (χ1n) is 7.38. The molecule has 22 heavy (non-hydrogen) atoms. The van der Waals surface area contributed by atoms with Gasteiger partial charge in [-0.1, -0.05) is 23.5 Å². The monoisotopic (exact) mass is 326 g/mol. The molecule has 0 aromatic carbocycles. The van der Waals surface area contributed by atoms with E-state index in [1.54, 1.807) is 7.05 Å². The summed E-state index contributed by atoms with van der Waals surface area (Å²) in [5.74, 6) is 0. The van der Waals surface area contributed by atoms with Crippen LogP contribution in [0.1, 0.15) is 24.8 Å². The second-order valence-corrected chi connectivity index (χ2v) is 6.01. The van der Waals surface area contributed by atoms with Crippen molar-refractivity contribution in [3.63, 3.8) is 0 Å². The van der Waals surface area contributed by atoms with Crippen molar-refractivity contribution in [2.45, 2.75) is 32.5 Å². The molecule has 1 aliphatic rings. The predicted octanol–water partition coefficient (Wildman–Crippen LogP) is 2.27. The van der Waals surface area contributed by atoms with E-state index in [-0.39, 0.29) is 12.3 Å². The summed E-state index contributed by atoms with van der Waals surface area (Å²) in [6, 6.07) is -0.240. The van der Waals surface area contributed by atoms with Gasteiger partial charge < -0.3 is 14.4 Å². The smallest absolute Gasteiger partial charge is 0.323 e. The van der Waals surface area contributed by atoms with Gasteiger partial charge in [-0.2, -0.15) is 0 Å². The van der Waals surface area contributed by atoms with Crippen molar-refractivity contribution in [2.24, 2.45) is 0 Å². The van der Waals surface area contributed by atoms with Crippen LogP contribution in [0.15, 0.2) is 12.2 Å². The van der Waals surface area contributed by atoms with Crippen LogP contribution in [0.4, 0.5) is 9.93 Å². The number of ether oxygens (including phenoxy) is 2. The van der Waals surface area contributed by atoms with Crippen LogP contribution >= 0.6 is 11.3 Å². The summed E-state index contributed by atoms with van der Waals surface area (Å²) in [7, 11) is 1.69. The number of hydrogen-bond acceptors (Lipinski definition) is 6. The lowest BCUT2D eigenvalue weighted by Gasteiger charge is -2.19. The molecule has 2 rings (SSSR count). The van der Waals surface area contributed by atoms with E-state index in [2.05, 4.69) is 21.6 Å². The zero-order valence-electron chi connectivity index (χ0n) is 12.9. The largest absolute Gasteiger partial charge is 0.348 e. The summed E-state index contributed by atoms with van der Waals surface area (Å²) in [5, 5.41) is 12.3. The Kier molecular flexibility index (Phi) is 6.75. The quantitative estimate of drug-likeness (QED) is 0.614. The molecule has 7 nitrogen and oxygen atoms in total. The zero-order valence-corrected chi connectivity index (χ0v) is 13.8. The van der Waals surface area contributed by atoms with Gasteiger partial charge in [0.05, 0.1) is 19.8 Å². The summed E-state index contributed by atoms with van der Waals surface area (Å²) in [6.07, 6.45) is 6.76. The number of rotatable bonds is 7. The minimum atomic E-state index is -0.340. The minimum Gasteiger partial charge on any atom is -0.348 e. The Labute approximate surface area is 134 Å². The fourth-order valence-electron chi connectivity index (χ4n) is 1.95. The van der Waals surface area contributed by atoms with Gasteiger partial charge in [-0.05, 0) is 19.8 Å². The van der Waals surface area contributed by atoms with Gasteiger partial charge in [-0.3, -0.25) is 5.32 Å². The van der Waals surface area contributed by atoms with Gasteiger partial charge in [0.1, 0.15) is 5.01 Å². The van der Waals surface area contributed by atoms with Crippen molar-refractivity contribution in [1.29, 1.82) is 0 Å². The van der Waals surface area contributed by atoms with E-state index in [0.717, 1.165) is 24.3 Å². The summed E-state index contributed by atoms with van der Waals surface area (Å²) >= 11 is 1.41. The maximum atomic E-state index is 12.0. The first-order chi connectivity index (χ1) is 10.7. The molecule has 1 aliphatic heterocycles. The van der Waals surface area contributed by atoms with E-state index < -0.39 is 0 Å². The molecule has 122 valence electrons. The van der Waals surface area contributed by atoms with Crippen LogP contribution in [0.3, 0.4) is 0 Å². The first kappa shape index (κ1) is 16.9. The van der Waals surface area contributed by atoms with Gasteiger partial charge in [-0.15, -0.1) is 10.2 Å². The van der Waals surface area contributed by atoms with E-state index in [9.17, 15) is 4.79 Å². The summed E-state index contributed by atoms with van der Waals surface area (Å²) in [5.41, 5.74) is 0. The maximum Gasteiger partial charge on any atom is 0.323 e. The molecule has 1 aromatic heterocycles. The minimum absolute atomic E-state index is 0.240. The fraction of sp³-hybridized carbons (Fsp3) is 0.643. The first-order valence-corrected chi connectivity index (χ1v) is 8.19. The summed E-state index contributed by atoms with van der Waals surface area (Å²) in [4.78, 5) is 13.6. The SMILES string of the molecule is CC=CCCCc1nnc(NC(=O)N(C)CC2OCCO2)s1. The Morgan fingerprint density at radius 1 is 1.45 bits per heavy atom. The molecule has 0 spiro atoms. The number of hydrogen-bond donors (Lipinski definition) is 1. The Morgan fingerprint density at radius 2 is 2.23 bits per heavy atom. The number of anilines is 1. The lowest BCUT2D eigenvalue weighted by atomic mass is 10.2. The topological polar surface area (TPSA) is 76.6 Å². The van der Waals surface area contributed by atoms with Crippen molar-refractivity contribution in [3.05, 3.63) is 17.2 Å². The highest BCUT2D eigenvalue weighted by Crippen LogP contribution is 2.17. The molecular formula is C14H22N4O3S. The number of aryl methyl sites for hydroxylation is 1. The molecular weight excluding hydrogens is 304 g/mol. The van der Waals surface area contributed by atoms with E-state index in [0.29, 0.717) is 24.9 Å². The molecule has 1 N–H and O–H groups in total. The zero-order chi connectivity index (χ0) is 15.8. The number of urea groups is 1. The number of allylic oxidation sites excluding steroid dienone is 2. The highest BCUT2D eigenvalue weighted by Gasteiger charge is 2.21. The second-order valence-electron chi connectivity index (χ2n) is 4.94. The van der Waals surface area contributed by atoms with E-state index in [1.165, 1.54) is 16.2 Å². The van der Waals surface area contributed by atoms with Gasteiger partial charge >= 0.3 is 6.03 Å². The molecule has 1 aromatic rings. The van der Waals surface area contributed by atoms with Gasteiger partial charge in [-0.25, -0.2) is 4.79 Å². The van der Waals surface area contributed by atoms with Crippen LogP contribution < -0.4 is 5.32 Å². The highest BCUT2D eigenvalue weighted by molar-refractivity contribution is 7.15. The number of unbranched alkanes of at least 4 members (excludes halogenated alkanes) is 1. The van der Waals surface area contributed by atoms with Crippen LogP contribution in [-0.4, -0.2) is 54.2 Å². The Balaban J connectivity index is 1.74. The Morgan fingerprint density at radius 3 is 2.95 bits per heavy atom. The molecule has 0 bridgehead atoms. The number of aromatic nitrogens is 2. The third-order valence-corrected chi connectivity index (χ3v) is 4.04. The number of nitrogens with zero attached hydrogens (tertiary/aromatic N) is 3. The third kappa shape index (κ3) is 5.36. The number of nitrogens with one attached hydrogen (secondary N) is 1. The molecule has 1 fully saturated rings. The standard InChI is InChI=1S/C14H22N4O3S/c1-3-4-5-6-7-11-16-17-13(22-11)15-14(19)18(2)10-12-20-8-9-21-12/h3-4,12H,5-10H2,1-2H3,(H,15,17,19). The Hall–Kier alpha value is -1.51. The molecule has 0 radical (unpaired) electrons. The van der Waals surface area contributed by atoms with Gasteiger partial charge in [0.2, 0.25) is 5.13 Å². The summed E-state index contributed by atoms with van der Waals surface area (Å²) < 4.78 is 10.6. The van der Waals surface area contributed by atoms with Gasteiger partial charge in [0.25, 0.3) is 0 Å². The van der Waals surface area contributed by atoms with Crippen LogP contribution in [0.5, 0.6) is 0 Å². The number of likely N-dealkylation sites (N-methyl/N-ethyl adjacent to an activating group) is 1. The molecule has 2 amide bonds. The normalized spacial score (nSPS) is 15.5. The van der Waals surface area contributed by atoms with E-state index in [1.807, 2.05) is 13.0 Å². The molecule has 8 heteroatoms. The summed E-state index contributed by atoms with van der Waals surface area (Å²) in [6.45, 7) is 3.55. The van der Waals surface area contributed by atoms with Crippen LogP contribution in [-0.2, 0) is 15.9 Å². The van der Waals surface area contributed by atoms with Crippen molar-refractivity contribution < 1.29 is 14.3 Å². The molecule has 0 unspecified atom stereocenters. The number of carbonyl (C=O) groups is 1. The van der Waals surface area contributed by atoms with Crippen LogP contribution in [0.25, 0.3) is 0 Å². The van der Waals surface area contributed by atoms with Crippen molar-refractivity contribution in [2.75, 3.05) is 32.1 Å². The van der Waals surface area contributed by atoms with Crippen LogP contribution in [0.2, 0.25) is 0 Å². The lowest BCUT2D eigenvalue weighted by Crippen LogP contribution is -2.37. The number of amides is 2. The average molecular weight is 326 g/mol.